The highest BCUT2D eigenvalue weighted by atomic mass is 16.2. The molecule has 0 unspecified atom stereocenters. The number of pyridine rings is 1. The van der Waals surface area contributed by atoms with E-state index in [-0.39, 0.29) is 17.7 Å². The fourth-order valence-corrected chi connectivity index (χ4v) is 4.27. The molecule has 0 spiro atoms. The standard InChI is InChI=1S/C31H35N5O2/c1-21-7-9-22(10-8-21)18-28(30(32)38)34-29(37)16-15-26-19-27(23-6-5-17-33-20-23)35-36(26)25-13-11-24(12-14-25)31(2,3)4/h5-14,17,19-20,28H,15-16,18H2,1-4H3,(H2,32,38)(H,34,37)/t28-/m0/s1. The van der Waals surface area contributed by atoms with Crippen molar-refractivity contribution in [2.75, 3.05) is 0 Å². The lowest BCUT2D eigenvalue weighted by Gasteiger charge is -2.19. The van der Waals surface area contributed by atoms with Gasteiger partial charge in [-0.25, -0.2) is 4.68 Å². The maximum absolute atomic E-state index is 12.9. The number of nitrogens with zero attached hydrogens (tertiary/aromatic N) is 3. The first-order valence-electron chi connectivity index (χ1n) is 12.8. The SMILES string of the molecule is Cc1ccc(C[C@H](NC(=O)CCc2cc(-c3cccnc3)nn2-c2ccc(C(C)(C)C)cc2)C(N)=O)cc1. The molecule has 0 aliphatic carbocycles. The molecule has 38 heavy (non-hydrogen) atoms. The third-order valence-electron chi connectivity index (χ3n) is 6.57. The van der Waals surface area contributed by atoms with Crippen LogP contribution in [0.4, 0.5) is 0 Å². The summed E-state index contributed by atoms with van der Waals surface area (Å²) in [7, 11) is 0. The van der Waals surface area contributed by atoms with E-state index in [9.17, 15) is 9.59 Å². The fourth-order valence-electron chi connectivity index (χ4n) is 4.27. The fraction of sp³-hybridized carbons (Fsp3) is 0.290. The van der Waals surface area contributed by atoms with Gasteiger partial charge in [0, 0.05) is 36.5 Å². The van der Waals surface area contributed by atoms with E-state index < -0.39 is 11.9 Å². The molecule has 196 valence electrons. The predicted molar refractivity (Wildman–Crippen MR) is 150 cm³/mol. The van der Waals surface area contributed by atoms with Gasteiger partial charge in [-0.3, -0.25) is 14.6 Å². The van der Waals surface area contributed by atoms with Crippen molar-refractivity contribution in [2.24, 2.45) is 5.73 Å². The Kier molecular flexibility index (Phi) is 8.05. The Bertz CT molecular complexity index is 1390. The van der Waals surface area contributed by atoms with Crippen LogP contribution in [0, 0.1) is 6.92 Å². The lowest BCUT2D eigenvalue weighted by atomic mass is 9.87. The first-order chi connectivity index (χ1) is 18.1. The number of aromatic nitrogens is 3. The van der Waals surface area contributed by atoms with Crippen LogP contribution in [-0.4, -0.2) is 32.6 Å². The van der Waals surface area contributed by atoms with Crippen LogP contribution < -0.4 is 11.1 Å². The molecule has 2 aromatic carbocycles. The maximum Gasteiger partial charge on any atom is 0.240 e. The lowest BCUT2D eigenvalue weighted by molar-refractivity contribution is -0.127. The summed E-state index contributed by atoms with van der Waals surface area (Å²) in [6, 6.07) is 21.2. The van der Waals surface area contributed by atoms with E-state index in [1.165, 1.54) is 5.56 Å². The summed E-state index contributed by atoms with van der Waals surface area (Å²) < 4.78 is 1.87. The minimum absolute atomic E-state index is 0.0416. The van der Waals surface area contributed by atoms with E-state index in [0.29, 0.717) is 12.8 Å². The van der Waals surface area contributed by atoms with Gasteiger partial charge in [0.05, 0.1) is 11.4 Å². The summed E-state index contributed by atoms with van der Waals surface area (Å²) in [5, 5.41) is 7.66. The van der Waals surface area contributed by atoms with Crippen molar-refractivity contribution in [2.45, 2.75) is 58.4 Å². The topological polar surface area (TPSA) is 103 Å². The minimum Gasteiger partial charge on any atom is -0.368 e. The second-order valence-corrected chi connectivity index (χ2v) is 10.7. The van der Waals surface area contributed by atoms with E-state index in [1.54, 1.807) is 12.4 Å². The van der Waals surface area contributed by atoms with Gasteiger partial charge in [-0.1, -0.05) is 62.7 Å². The van der Waals surface area contributed by atoms with Crippen molar-refractivity contribution in [1.82, 2.24) is 20.1 Å². The van der Waals surface area contributed by atoms with Gasteiger partial charge in [-0.15, -0.1) is 0 Å². The summed E-state index contributed by atoms with van der Waals surface area (Å²) in [5.74, 6) is -0.790. The first-order valence-corrected chi connectivity index (χ1v) is 12.8. The number of primary amides is 1. The zero-order valence-electron chi connectivity index (χ0n) is 22.4. The van der Waals surface area contributed by atoms with Gasteiger partial charge >= 0.3 is 0 Å². The van der Waals surface area contributed by atoms with Crippen LogP contribution in [0.15, 0.2) is 79.1 Å². The second-order valence-electron chi connectivity index (χ2n) is 10.7. The molecule has 0 aliphatic rings. The van der Waals surface area contributed by atoms with Gasteiger partial charge in [0.25, 0.3) is 0 Å². The largest absolute Gasteiger partial charge is 0.368 e. The Hall–Kier alpha value is -4.26. The Morgan fingerprint density at radius 3 is 2.34 bits per heavy atom. The number of amides is 2. The van der Waals surface area contributed by atoms with Crippen LogP contribution >= 0.6 is 0 Å². The van der Waals surface area contributed by atoms with Crippen molar-refractivity contribution in [3.8, 4) is 16.9 Å². The molecule has 4 aromatic rings. The Morgan fingerprint density at radius 2 is 1.74 bits per heavy atom. The summed E-state index contributed by atoms with van der Waals surface area (Å²) in [6.07, 6.45) is 4.48. The summed E-state index contributed by atoms with van der Waals surface area (Å²) in [6.45, 7) is 8.54. The van der Waals surface area contributed by atoms with Gasteiger partial charge in [-0.05, 0) is 60.2 Å². The van der Waals surface area contributed by atoms with E-state index in [0.717, 1.165) is 33.8 Å². The summed E-state index contributed by atoms with van der Waals surface area (Å²) >= 11 is 0. The number of hydrogen-bond donors (Lipinski definition) is 2. The number of benzene rings is 2. The van der Waals surface area contributed by atoms with Crippen molar-refractivity contribution >= 4 is 11.8 Å². The monoisotopic (exact) mass is 509 g/mol. The number of nitrogens with one attached hydrogen (secondary N) is 1. The molecule has 0 radical (unpaired) electrons. The molecule has 0 bridgehead atoms. The Balaban J connectivity index is 1.52. The van der Waals surface area contributed by atoms with Crippen LogP contribution in [-0.2, 0) is 27.8 Å². The number of rotatable bonds is 9. The Labute approximate surface area is 224 Å². The van der Waals surface area contributed by atoms with Crippen LogP contribution in [0.3, 0.4) is 0 Å². The third-order valence-corrected chi connectivity index (χ3v) is 6.57. The van der Waals surface area contributed by atoms with Gasteiger partial charge in [0.2, 0.25) is 11.8 Å². The molecule has 0 saturated carbocycles. The molecule has 7 heteroatoms. The van der Waals surface area contributed by atoms with Crippen LogP contribution in [0.1, 0.15) is 49.6 Å². The zero-order valence-corrected chi connectivity index (χ0v) is 22.4. The lowest BCUT2D eigenvalue weighted by Crippen LogP contribution is -2.45. The van der Waals surface area contributed by atoms with Crippen molar-refractivity contribution in [3.63, 3.8) is 0 Å². The highest BCUT2D eigenvalue weighted by Gasteiger charge is 2.20. The van der Waals surface area contributed by atoms with Gasteiger partial charge in [0.15, 0.2) is 0 Å². The van der Waals surface area contributed by atoms with Crippen molar-refractivity contribution < 1.29 is 9.59 Å². The van der Waals surface area contributed by atoms with Crippen LogP contribution in [0.5, 0.6) is 0 Å². The maximum atomic E-state index is 12.9. The quantitative estimate of drug-likeness (QED) is 0.342. The Morgan fingerprint density at radius 1 is 1.03 bits per heavy atom. The number of carbonyl (C=O) groups excluding carboxylic acids is 2. The normalized spacial score (nSPS) is 12.2. The summed E-state index contributed by atoms with van der Waals surface area (Å²) in [4.78, 5) is 29.2. The van der Waals surface area contributed by atoms with Crippen molar-refractivity contribution in [3.05, 3.63) is 102 Å². The number of nitrogens with two attached hydrogens (primary N) is 1. The van der Waals surface area contributed by atoms with Gasteiger partial charge < -0.3 is 11.1 Å². The average Bonchev–Trinajstić information content (AvgIpc) is 3.33. The number of carbonyl (C=O) groups is 2. The second kappa shape index (κ2) is 11.4. The molecule has 0 fully saturated rings. The smallest absolute Gasteiger partial charge is 0.240 e. The third kappa shape index (κ3) is 6.73. The molecule has 0 aliphatic heterocycles. The molecule has 7 nitrogen and oxygen atoms in total. The minimum atomic E-state index is -0.772. The molecule has 2 aromatic heterocycles. The van der Waals surface area contributed by atoms with E-state index in [1.807, 2.05) is 54.1 Å². The molecule has 2 amide bonds. The zero-order chi connectivity index (χ0) is 27.3. The summed E-state index contributed by atoms with van der Waals surface area (Å²) in [5.41, 5.74) is 12.4. The molecular weight excluding hydrogens is 474 g/mol. The van der Waals surface area contributed by atoms with Gasteiger partial charge in [0.1, 0.15) is 6.04 Å². The molecular formula is C31H35N5O2. The van der Waals surface area contributed by atoms with E-state index in [4.69, 9.17) is 10.8 Å². The van der Waals surface area contributed by atoms with Crippen LogP contribution in [0.25, 0.3) is 16.9 Å². The van der Waals surface area contributed by atoms with E-state index in [2.05, 4.69) is 55.3 Å². The highest BCUT2D eigenvalue weighted by Crippen LogP contribution is 2.26. The molecule has 0 saturated heterocycles. The first kappa shape index (κ1) is 26.8. The van der Waals surface area contributed by atoms with E-state index >= 15 is 0 Å². The van der Waals surface area contributed by atoms with Crippen molar-refractivity contribution in [1.29, 1.82) is 0 Å². The van der Waals surface area contributed by atoms with Gasteiger partial charge in [-0.2, -0.15) is 5.10 Å². The molecule has 1 atom stereocenters. The predicted octanol–water partition coefficient (Wildman–Crippen LogP) is 4.69. The molecule has 2 heterocycles. The highest BCUT2D eigenvalue weighted by molar-refractivity contribution is 5.86. The molecule has 4 rings (SSSR count). The average molecular weight is 510 g/mol. The van der Waals surface area contributed by atoms with Crippen LogP contribution in [0.2, 0.25) is 0 Å². The number of hydrogen-bond acceptors (Lipinski definition) is 4. The number of aryl methyl sites for hydroxylation is 2. The molecule has 3 N–H and O–H groups in total.